The standard InChI is InChI=1S/C12H21N3O3/c1-9-11(10(2)18-15-9)7-13-8-12(16)14-5-4-6-17-3/h13H,4-8H2,1-3H3,(H,14,16). The van der Waals surface area contributed by atoms with Gasteiger partial charge in [-0.2, -0.15) is 0 Å². The van der Waals surface area contributed by atoms with Gasteiger partial charge in [0.25, 0.3) is 0 Å². The minimum Gasteiger partial charge on any atom is -0.385 e. The Morgan fingerprint density at radius 2 is 2.22 bits per heavy atom. The van der Waals surface area contributed by atoms with E-state index in [2.05, 4.69) is 15.8 Å². The van der Waals surface area contributed by atoms with Gasteiger partial charge in [0.05, 0.1) is 12.2 Å². The molecule has 0 saturated heterocycles. The monoisotopic (exact) mass is 255 g/mol. The molecule has 1 heterocycles. The molecule has 1 aromatic heterocycles. The Morgan fingerprint density at radius 1 is 1.44 bits per heavy atom. The van der Waals surface area contributed by atoms with Gasteiger partial charge in [-0.3, -0.25) is 4.79 Å². The number of nitrogens with zero attached hydrogens (tertiary/aromatic N) is 1. The van der Waals surface area contributed by atoms with Crippen molar-refractivity contribution in [2.24, 2.45) is 0 Å². The normalized spacial score (nSPS) is 10.6. The first-order chi connectivity index (χ1) is 8.65. The zero-order valence-electron chi connectivity index (χ0n) is 11.2. The Kier molecular flexibility index (Phi) is 6.38. The summed E-state index contributed by atoms with van der Waals surface area (Å²) >= 11 is 0. The molecule has 0 unspecified atom stereocenters. The van der Waals surface area contributed by atoms with Crippen LogP contribution >= 0.6 is 0 Å². The van der Waals surface area contributed by atoms with Crippen LogP contribution in [0.3, 0.4) is 0 Å². The maximum atomic E-state index is 11.5. The van der Waals surface area contributed by atoms with Crippen LogP contribution in [-0.4, -0.2) is 37.9 Å². The Labute approximate surface area is 107 Å². The lowest BCUT2D eigenvalue weighted by Gasteiger charge is -2.06. The second-order valence-corrected chi connectivity index (χ2v) is 4.10. The molecule has 0 atom stereocenters. The molecule has 18 heavy (non-hydrogen) atoms. The van der Waals surface area contributed by atoms with Gasteiger partial charge in [-0.05, 0) is 20.3 Å². The number of ether oxygens (including phenoxy) is 1. The molecule has 2 N–H and O–H groups in total. The van der Waals surface area contributed by atoms with Gasteiger partial charge in [-0.1, -0.05) is 5.16 Å². The van der Waals surface area contributed by atoms with E-state index in [1.165, 1.54) is 0 Å². The predicted octanol–water partition coefficient (Wildman–Crippen LogP) is 0.534. The maximum absolute atomic E-state index is 11.5. The van der Waals surface area contributed by atoms with Crippen LogP contribution in [0.2, 0.25) is 0 Å². The average Bonchev–Trinajstić information content (AvgIpc) is 2.66. The molecule has 0 aromatic carbocycles. The Balaban J connectivity index is 2.16. The van der Waals surface area contributed by atoms with Crippen LogP contribution in [0.4, 0.5) is 0 Å². The number of hydrogen-bond donors (Lipinski definition) is 2. The molecule has 0 saturated carbocycles. The molecule has 0 aliphatic rings. The van der Waals surface area contributed by atoms with Crippen molar-refractivity contribution >= 4 is 5.91 Å². The molecule has 1 rings (SSSR count). The fraction of sp³-hybridized carbons (Fsp3) is 0.667. The number of methoxy groups -OCH3 is 1. The van der Waals surface area contributed by atoms with E-state index in [0.29, 0.717) is 19.7 Å². The van der Waals surface area contributed by atoms with Crippen molar-refractivity contribution in [3.8, 4) is 0 Å². The summed E-state index contributed by atoms with van der Waals surface area (Å²) in [5, 5.41) is 9.73. The largest absolute Gasteiger partial charge is 0.385 e. The molecule has 0 spiro atoms. The summed E-state index contributed by atoms with van der Waals surface area (Å²) in [5.74, 6) is 0.776. The molecular weight excluding hydrogens is 234 g/mol. The summed E-state index contributed by atoms with van der Waals surface area (Å²) in [4.78, 5) is 11.5. The van der Waals surface area contributed by atoms with E-state index in [-0.39, 0.29) is 12.5 Å². The molecule has 0 fully saturated rings. The van der Waals surface area contributed by atoms with Gasteiger partial charge in [0.1, 0.15) is 5.76 Å². The second kappa shape index (κ2) is 7.84. The van der Waals surface area contributed by atoms with Gasteiger partial charge in [0.2, 0.25) is 5.91 Å². The summed E-state index contributed by atoms with van der Waals surface area (Å²) in [7, 11) is 1.65. The minimum atomic E-state index is -0.0159. The molecule has 6 heteroatoms. The lowest BCUT2D eigenvalue weighted by Crippen LogP contribution is -2.34. The number of rotatable bonds is 8. The zero-order chi connectivity index (χ0) is 13.4. The molecule has 0 radical (unpaired) electrons. The summed E-state index contributed by atoms with van der Waals surface area (Å²) in [6.45, 7) is 5.93. The molecule has 1 amide bonds. The van der Waals surface area contributed by atoms with E-state index in [0.717, 1.165) is 23.4 Å². The highest BCUT2D eigenvalue weighted by atomic mass is 16.5. The van der Waals surface area contributed by atoms with E-state index in [4.69, 9.17) is 9.26 Å². The van der Waals surface area contributed by atoms with E-state index < -0.39 is 0 Å². The highest BCUT2D eigenvalue weighted by Gasteiger charge is 2.08. The lowest BCUT2D eigenvalue weighted by atomic mass is 10.2. The second-order valence-electron chi connectivity index (χ2n) is 4.10. The highest BCUT2D eigenvalue weighted by molar-refractivity contribution is 5.77. The Bertz CT molecular complexity index is 357. The first-order valence-electron chi connectivity index (χ1n) is 6.03. The quantitative estimate of drug-likeness (QED) is 0.663. The number of amides is 1. The molecule has 102 valence electrons. The van der Waals surface area contributed by atoms with Gasteiger partial charge < -0.3 is 19.9 Å². The van der Waals surface area contributed by atoms with Gasteiger partial charge in [-0.25, -0.2) is 0 Å². The average molecular weight is 255 g/mol. The topological polar surface area (TPSA) is 76.4 Å². The fourth-order valence-electron chi connectivity index (χ4n) is 1.56. The minimum absolute atomic E-state index is 0.0159. The predicted molar refractivity (Wildman–Crippen MR) is 67.2 cm³/mol. The number of hydrogen-bond acceptors (Lipinski definition) is 5. The molecule has 0 aliphatic heterocycles. The van der Waals surface area contributed by atoms with Crippen molar-refractivity contribution < 1.29 is 14.1 Å². The first kappa shape index (κ1) is 14.7. The van der Waals surface area contributed by atoms with E-state index in [9.17, 15) is 4.79 Å². The van der Waals surface area contributed by atoms with E-state index in [1.54, 1.807) is 7.11 Å². The number of carbonyl (C=O) groups is 1. The van der Waals surface area contributed by atoms with Crippen LogP contribution in [0.25, 0.3) is 0 Å². The highest BCUT2D eigenvalue weighted by Crippen LogP contribution is 2.10. The van der Waals surface area contributed by atoms with Gasteiger partial charge in [0.15, 0.2) is 0 Å². The van der Waals surface area contributed by atoms with Crippen molar-refractivity contribution in [2.75, 3.05) is 26.8 Å². The van der Waals surface area contributed by atoms with Crippen LogP contribution in [0.1, 0.15) is 23.4 Å². The molecular formula is C12H21N3O3. The van der Waals surface area contributed by atoms with Gasteiger partial charge >= 0.3 is 0 Å². The summed E-state index contributed by atoms with van der Waals surface area (Å²) in [6.07, 6.45) is 0.826. The Hall–Kier alpha value is -1.40. The fourth-order valence-corrected chi connectivity index (χ4v) is 1.56. The third-order valence-corrected chi connectivity index (χ3v) is 2.62. The third-order valence-electron chi connectivity index (χ3n) is 2.62. The first-order valence-corrected chi connectivity index (χ1v) is 6.03. The number of nitrogens with one attached hydrogen (secondary N) is 2. The number of aryl methyl sites for hydroxylation is 2. The van der Waals surface area contributed by atoms with Gasteiger partial charge in [-0.15, -0.1) is 0 Å². The maximum Gasteiger partial charge on any atom is 0.233 e. The van der Waals surface area contributed by atoms with Crippen molar-refractivity contribution in [3.63, 3.8) is 0 Å². The SMILES string of the molecule is COCCCNC(=O)CNCc1c(C)noc1C. The summed E-state index contributed by atoms with van der Waals surface area (Å²) < 4.78 is 9.94. The zero-order valence-corrected chi connectivity index (χ0v) is 11.2. The third kappa shape index (κ3) is 4.85. The van der Waals surface area contributed by atoms with Crippen LogP contribution in [0, 0.1) is 13.8 Å². The van der Waals surface area contributed by atoms with E-state index >= 15 is 0 Å². The van der Waals surface area contributed by atoms with Crippen LogP contribution in [0.5, 0.6) is 0 Å². The Morgan fingerprint density at radius 3 is 2.83 bits per heavy atom. The molecule has 6 nitrogen and oxygen atoms in total. The van der Waals surface area contributed by atoms with Crippen LogP contribution in [0.15, 0.2) is 4.52 Å². The van der Waals surface area contributed by atoms with Crippen molar-refractivity contribution in [3.05, 3.63) is 17.0 Å². The summed E-state index contributed by atoms with van der Waals surface area (Å²) in [6, 6.07) is 0. The molecule has 1 aromatic rings. The molecule has 0 bridgehead atoms. The van der Waals surface area contributed by atoms with Crippen molar-refractivity contribution in [1.82, 2.24) is 15.8 Å². The van der Waals surface area contributed by atoms with E-state index in [1.807, 2.05) is 13.8 Å². The number of carbonyl (C=O) groups excluding carboxylic acids is 1. The van der Waals surface area contributed by atoms with Crippen molar-refractivity contribution in [1.29, 1.82) is 0 Å². The smallest absolute Gasteiger partial charge is 0.233 e. The molecule has 0 aliphatic carbocycles. The van der Waals surface area contributed by atoms with Crippen molar-refractivity contribution in [2.45, 2.75) is 26.8 Å². The number of aromatic nitrogens is 1. The lowest BCUT2D eigenvalue weighted by molar-refractivity contribution is -0.120. The van der Waals surface area contributed by atoms with Crippen LogP contribution in [-0.2, 0) is 16.1 Å². The van der Waals surface area contributed by atoms with Gasteiger partial charge in [0, 0.05) is 32.4 Å². The van der Waals surface area contributed by atoms with Crippen LogP contribution < -0.4 is 10.6 Å². The summed E-state index contributed by atoms with van der Waals surface area (Å²) in [5.41, 5.74) is 1.88.